The number of hydrogen-bond donors (Lipinski definition) is 1. The SMILES string of the molecule is Cc1cccc(CCNCCN2CCCCC2)c1. The maximum atomic E-state index is 3.56. The molecule has 0 saturated carbocycles. The molecular formula is C16H26N2. The smallest absolute Gasteiger partial charge is 0.0107 e. The summed E-state index contributed by atoms with van der Waals surface area (Å²) in [7, 11) is 0. The Kier molecular flexibility index (Phi) is 5.69. The number of nitrogens with one attached hydrogen (secondary N) is 1. The molecule has 1 aromatic rings. The first kappa shape index (κ1) is 13.6. The Balaban J connectivity index is 1.55. The molecule has 2 nitrogen and oxygen atoms in total. The van der Waals surface area contributed by atoms with Crippen LogP contribution in [0, 0.1) is 6.92 Å². The summed E-state index contributed by atoms with van der Waals surface area (Å²) in [4.78, 5) is 2.59. The van der Waals surface area contributed by atoms with Crippen molar-refractivity contribution in [2.45, 2.75) is 32.6 Å². The van der Waals surface area contributed by atoms with Crippen LogP contribution in [0.5, 0.6) is 0 Å². The van der Waals surface area contributed by atoms with Gasteiger partial charge in [-0.3, -0.25) is 0 Å². The van der Waals surface area contributed by atoms with Gasteiger partial charge in [0.1, 0.15) is 0 Å². The Labute approximate surface area is 111 Å². The van der Waals surface area contributed by atoms with E-state index in [4.69, 9.17) is 0 Å². The van der Waals surface area contributed by atoms with Gasteiger partial charge in [-0.2, -0.15) is 0 Å². The third-order valence-corrected chi connectivity index (χ3v) is 3.73. The Bertz CT molecular complexity index is 343. The van der Waals surface area contributed by atoms with Crippen molar-refractivity contribution in [1.29, 1.82) is 0 Å². The fourth-order valence-electron chi connectivity index (χ4n) is 2.65. The first-order valence-corrected chi connectivity index (χ1v) is 7.33. The van der Waals surface area contributed by atoms with Gasteiger partial charge in [-0.05, 0) is 51.4 Å². The van der Waals surface area contributed by atoms with Crippen LogP contribution in [-0.4, -0.2) is 37.6 Å². The third kappa shape index (κ3) is 4.79. The summed E-state index contributed by atoms with van der Waals surface area (Å²) >= 11 is 0. The second-order valence-electron chi connectivity index (χ2n) is 5.39. The summed E-state index contributed by atoms with van der Waals surface area (Å²) in [5.41, 5.74) is 2.81. The minimum absolute atomic E-state index is 1.09. The number of benzene rings is 1. The summed E-state index contributed by atoms with van der Waals surface area (Å²) in [5, 5.41) is 3.56. The van der Waals surface area contributed by atoms with E-state index in [0.29, 0.717) is 0 Å². The zero-order valence-electron chi connectivity index (χ0n) is 11.6. The monoisotopic (exact) mass is 246 g/mol. The zero-order valence-corrected chi connectivity index (χ0v) is 11.6. The van der Waals surface area contributed by atoms with Gasteiger partial charge in [-0.15, -0.1) is 0 Å². The van der Waals surface area contributed by atoms with Crippen molar-refractivity contribution in [3.05, 3.63) is 35.4 Å². The molecular weight excluding hydrogens is 220 g/mol. The normalized spacial score (nSPS) is 16.9. The summed E-state index contributed by atoms with van der Waals surface area (Å²) in [6.07, 6.45) is 5.35. The molecule has 0 bridgehead atoms. The Hall–Kier alpha value is -0.860. The van der Waals surface area contributed by atoms with Crippen LogP contribution in [0.25, 0.3) is 0 Å². The second kappa shape index (κ2) is 7.55. The van der Waals surface area contributed by atoms with Gasteiger partial charge in [-0.25, -0.2) is 0 Å². The van der Waals surface area contributed by atoms with Gasteiger partial charge in [0, 0.05) is 13.1 Å². The lowest BCUT2D eigenvalue weighted by atomic mass is 10.1. The van der Waals surface area contributed by atoms with E-state index in [1.54, 1.807) is 0 Å². The average molecular weight is 246 g/mol. The topological polar surface area (TPSA) is 15.3 Å². The third-order valence-electron chi connectivity index (χ3n) is 3.73. The highest BCUT2D eigenvalue weighted by Crippen LogP contribution is 2.07. The van der Waals surface area contributed by atoms with Crippen LogP contribution >= 0.6 is 0 Å². The van der Waals surface area contributed by atoms with Gasteiger partial charge >= 0.3 is 0 Å². The minimum atomic E-state index is 1.09. The van der Waals surface area contributed by atoms with Crippen LogP contribution in [0.1, 0.15) is 30.4 Å². The Morgan fingerprint density at radius 2 is 1.94 bits per heavy atom. The first-order valence-electron chi connectivity index (χ1n) is 7.33. The van der Waals surface area contributed by atoms with E-state index in [1.807, 2.05) is 0 Å². The van der Waals surface area contributed by atoms with Crippen LogP contribution in [0.15, 0.2) is 24.3 Å². The fraction of sp³-hybridized carbons (Fsp3) is 0.625. The van der Waals surface area contributed by atoms with Crippen LogP contribution in [-0.2, 0) is 6.42 Å². The summed E-state index contributed by atoms with van der Waals surface area (Å²) in [6, 6.07) is 8.82. The summed E-state index contributed by atoms with van der Waals surface area (Å²) in [5.74, 6) is 0. The molecule has 1 aliphatic heterocycles. The fourth-order valence-corrected chi connectivity index (χ4v) is 2.65. The standard InChI is InChI=1S/C16H26N2/c1-15-6-5-7-16(14-15)8-9-17-10-13-18-11-3-2-4-12-18/h5-7,14,17H,2-4,8-13H2,1H3. The molecule has 0 aliphatic carbocycles. The molecule has 1 fully saturated rings. The number of hydrogen-bond acceptors (Lipinski definition) is 2. The van der Waals surface area contributed by atoms with Crippen LogP contribution in [0.4, 0.5) is 0 Å². The van der Waals surface area contributed by atoms with E-state index in [1.165, 1.54) is 50.0 Å². The molecule has 1 saturated heterocycles. The molecule has 100 valence electrons. The van der Waals surface area contributed by atoms with E-state index in [9.17, 15) is 0 Å². The maximum Gasteiger partial charge on any atom is 0.0107 e. The maximum absolute atomic E-state index is 3.56. The van der Waals surface area contributed by atoms with Gasteiger partial charge in [0.15, 0.2) is 0 Å². The number of likely N-dealkylation sites (tertiary alicyclic amines) is 1. The predicted molar refractivity (Wildman–Crippen MR) is 78.0 cm³/mol. The van der Waals surface area contributed by atoms with Crippen molar-refractivity contribution in [1.82, 2.24) is 10.2 Å². The van der Waals surface area contributed by atoms with Crippen molar-refractivity contribution in [2.24, 2.45) is 0 Å². The van der Waals surface area contributed by atoms with Crippen molar-refractivity contribution < 1.29 is 0 Å². The summed E-state index contributed by atoms with van der Waals surface area (Å²) in [6.45, 7) is 8.21. The average Bonchev–Trinajstić information content (AvgIpc) is 2.40. The van der Waals surface area contributed by atoms with Crippen molar-refractivity contribution in [3.8, 4) is 0 Å². The largest absolute Gasteiger partial charge is 0.315 e. The highest BCUT2D eigenvalue weighted by atomic mass is 15.1. The molecule has 0 atom stereocenters. The molecule has 2 rings (SSSR count). The van der Waals surface area contributed by atoms with Gasteiger partial charge in [-0.1, -0.05) is 36.2 Å². The molecule has 0 aromatic heterocycles. The lowest BCUT2D eigenvalue weighted by Crippen LogP contribution is -2.36. The molecule has 1 heterocycles. The second-order valence-corrected chi connectivity index (χ2v) is 5.39. The molecule has 0 radical (unpaired) electrons. The molecule has 1 aromatic carbocycles. The van der Waals surface area contributed by atoms with Gasteiger partial charge in [0.25, 0.3) is 0 Å². The summed E-state index contributed by atoms with van der Waals surface area (Å²) < 4.78 is 0. The highest BCUT2D eigenvalue weighted by Gasteiger charge is 2.08. The van der Waals surface area contributed by atoms with E-state index >= 15 is 0 Å². The van der Waals surface area contributed by atoms with E-state index in [0.717, 1.165) is 19.5 Å². The Morgan fingerprint density at radius 1 is 1.11 bits per heavy atom. The molecule has 0 spiro atoms. The zero-order chi connectivity index (χ0) is 12.6. The van der Waals surface area contributed by atoms with E-state index < -0.39 is 0 Å². The molecule has 1 aliphatic rings. The molecule has 0 amide bonds. The van der Waals surface area contributed by atoms with Crippen molar-refractivity contribution >= 4 is 0 Å². The van der Waals surface area contributed by atoms with Crippen LogP contribution in [0.2, 0.25) is 0 Å². The lowest BCUT2D eigenvalue weighted by Gasteiger charge is -2.26. The van der Waals surface area contributed by atoms with Gasteiger partial charge < -0.3 is 10.2 Å². The van der Waals surface area contributed by atoms with Crippen LogP contribution in [0.3, 0.4) is 0 Å². The minimum Gasteiger partial charge on any atom is -0.315 e. The van der Waals surface area contributed by atoms with E-state index in [2.05, 4.69) is 41.4 Å². The molecule has 18 heavy (non-hydrogen) atoms. The number of piperidine rings is 1. The van der Waals surface area contributed by atoms with Crippen molar-refractivity contribution in [3.63, 3.8) is 0 Å². The van der Waals surface area contributed by atoms with Gasteiger partial charge in [0.2, 0.25) is 0 Å². The molecule has 2 heteroatoms. The first-order chi connectivity index (χ1) is 8.84. The number of nitrogens with zero attached hydrogens (tertiary/aromatic N) is 1. The highest BCUT2D eigenvalue weighted by molar-refractivity contribution is 5.22. The van der Waals surface area contributed by atoms with E-state index in [-0.39, 0.29) is 0 Å². The Morgan fingerprint density at radius 3 is 2.72 bits per heavy atom. The van der Waals surface area contributed by atoms with Gasteiger partial charge in [0.05, 0.1) is 0 Å². The molecule has 1 N–H and O–H groups in total. The lowest BCUT2D eigenvalue weighted by molar-refractivity contribution is 0.229. The molecule has 0 unspecified atom stereocenters. The van der Waals surface area contributed by atoms with Crippen LogP contribution < -0.4 is 5.32 Å². The van der Waals surface area contributed by atoms with Crippen molar-refractivity contribution in [2.75, 3.05) is 32.7 Å². The number of aryl methyl sites for hydroxylation is 1. The quantitative estimate of drug-likeness (QED) is 0.776. The number of rotatable bonds is 6. The predicted octanol–water partition coefficient (Wildman–Crippen LogP) is 2.61.